The molecule has 4 nitrogen and oxygen atoms in total. The second-order valence-electron chi connectivity index (χ2n) is 4.76. The fourth-order valence-electron chi connectivity index (χ4n) is 1.90. The summed E-state index contributed by atoms with van der Waals surface area (Å²) in [7, 11) is 1.91. The van der Waals surface area contributed by atoms with E-state index in [9.17, 15) is 0 Å². The molecular formula is C14H20N4. The Morgan fingerprint density at radius 1 is 1.22 bits per heavy atom. The second kappa shape index (κ2) is 5.78. The van der Waals surface area contributed by atoms with Crippen molar-refractivity contribution in [2.45, 2.75) is 32.9 Å². The average Bonchev–Trinajstić information content (AvgIpc) is 2.78. The van der Waals surface area contributed by atoms with Gasteiger partial charge in [0.15, 0.2) is 0 Å². The van der Waals surface area contributed by atoms with Gasteiger partial charge in [-0.2, -0.15) is 5.10 Å². The topological polar surface area (TPSA) is 42.7 Å². The number of benzene rings is 1. The van der Waals surface area contributed by atoms with Crippen molar-refractivity contribution in [3.63, 3.8) is 0 Å². The van der Waals surface area contributed by atoms with E-state index in [0.29, 0.717) is 5.92 Å². The van der Waals surface area contributed by atoms with Crippen LogP contribution in [0.4, 0.5) is 0 Å². The summed E-state index contributed by atoms with van der Waals surface area (Å²) >= 11 is 0. The van der Waals surface area contributed by atoms with Gasteiger partial charge < -0.3 is 5.32 Å². The van der Waals surface area contributed by atoms with E-state index < -0.39 is 0 Å². The molecule has 4 heteroatoms. The fourth-order valence-corrected chi connectivity index (χ4v) is 1.90. The van der Waals surface area contributed by atoms with E-state index in [4.69, 9.17) is 0 Å². The Morgan fingerprint density at radius 2 is 1.94 bits per heavy atom. The molecule has 0 amide bonds. The molecule has 0 bridgehead atoms. The first-order chi connectivity index (χ1) is 8.70. The summed E-state index contributed by atoms with van der Waals surface area (Å²) in [5.74, 6) is 1.54. The Morgan fingerprint density at radius 3 is 2.56 bits per heavy atom. The van der Waals surface area contributed by atoms with Crippen LogP contribution < -0.4 is 5.32 Å². The summed E-state index contributed by atoms with van der Waals surface area (Å²) in [5.41, 5.74) is 2.62. The predicted octanol–water partition coefficient (Wildman–Crippen LogP) is 2.17. The fraction of sp³-hybridized carbons (Fsp3) is 0.429. The van der Waals surface area contributed by atoms with Crippen molar-refractivity contribution in [2.75, 3.05) is 7.05 Å². The maximum Gasteiger partial charge on any atom is 0.141 e. The van der Waals surface area contributed by atoms with Crippen molar-refractivity contribution in [3.05, 3.63) is 47.5 Å². The maximum absolute atomic E-state index is 4.25. The van der Waals surface area contributed by atoms with Crippen LogP contribution in [0.25, 0.3) is 0 Å². The van der Waals surface area contributed by atoms with Crippen molar-refractivity contribution in [1.82, 2.24) is 20.1 Å². The minimum absolute atomic E-state index is 0.574. The molecule has 0 aliphatic rings. The molecule has 2 rings (SSSR count). The monoisotopic (exact) mass is 244 g/mol. The molecule has 0 atom stereocenters. The van der Waals surface area contributed by atoms with Gasteiger partial charge in [0.1, 0.15) is 12.2 Å². The SMILES string of the molecule is CNCc1ncnn1Cc1ccc(C(C)C)cc1. The normalized spacial score (nSPS) is 11.1. The molecule has 1 N–H and O–H groups in total. The zero-order valence-corrected chi connectivity index (χ0v) is 11.2. The van der Waals surface area contributed by atoms with Gasteiger partial charge in [-0.1, -0.05) is 38.1 Å². The molecular weight excluding hydrogens is 224 g/mol. The molecule has 0 aliphatic heterocycles. The first-order valence-corrected chi connectivity index (χ1v) is 6.31. The molecule has 0 radical (unpaired) electrons. The molecule has 1 aromatic carbocycles. The Kier molecular flexibility index (Phi) is 4.10. The van der Waals surface area contributed by atoms with E-state index in [0.717, 1.165) is 18.9 Å². The quantitative estimate of drug-likeness (QED) is 0.876. The molecule has 0 saturated heterocycles. The van der Waals surface area contributed by atoms with Crippen LogP contribution in [0.3, 0.4) is 0 Å². The maximum atomic E-state index is 4.25. The van der Waals surface area contributed by atoms with Gasteiger partial charge >= 0.3 is 0 Å². The number of hydrogen-bond donors (Lipinski definition) is 1. The summed E-state index contributed by atoms with van der Waals surface area (Å²) in [5, 5.41) is 7.35. The Balaban J connectivity index is 2.11. The lowest BCUT2D eigenvalue weighted by atomic mass is 10.0. The van der Waals surface area contributed by atoms with Gasteiger partial charge in [-0.25, -0.2) is 9.67 Å². The van der Waals surface area contributed by atoms with Crippen LogP contribution in [0.5, 0.6) is 0 Å². The zero-order valence-electron chi connectivity index (χ0n) is 11.2. The molecule has 0 unspecified atom stereocenters. The molecule has 0 fully saturated rings. The Bertz CT molecular complexity index is 485. The van der Waals surface area contributed by atoms with Crippen molar-refractivity contribution in [2.24, 2.45) is 0 Å². The summed E-state index contributed by atoms with van der Waals surface area (Å²) in [6.07, 6.45) is 1.61. The molecule has 18 heavy (non-hydrogen) atoms. The van der Waals surface area contributed by atoms with Gasteiger partial charge in [0, 0.05) is 0 Å². The van der Waals surface area contributed by atoms with Gasteiger partial charge in [0.2, 0.25) is 0 Å². The third-order valence-corrected chi connectivity index (χ3v) is 3.01. The highest BCUT2D eigenvalue weighted by Gasteiger charge is 2.04. The lowest BCUT2D eigenvalue weighted by Gasteiger charge is -2.08. The second-order valence-corrected chi connectivity index (χ2v) is 4.76. The molecule has 0 spiro atoms. The van der Waals surface area contributed by atoms with Crippen LogP contribution in [-0.2, 0) is 13.1 Å². The van der Waals surface area contributed by atoms with Gasteiger partial charge in [0.25, 0.3) is 0 Å². The number of nitrogens with one attached hydrogen (secondary N) is 1. The lowest BCUT2D eigenvalue weighted by molar-refractivity contribution is 0.613. The Labute approximate surface area is 108 Å². The molecule has 1 aromatic heterocycles. The smallest absolute Gasteiger partial charge is 0.141 e. The number of rotatable bonds is 5. The van der Waals surface area contributed by atoms with E-state index in [1.807, 2.05) is 11.7 Å². The van der Waals surface area contributed by atoms with Crippen molar-refractivity contribution in [3.8, 4) is 0 Å². The molecule has 1 heterocycles. The van der Waals surface area contributed by atoms with Crippen LogP contribution >= 0.6 is 0 Å². The highest BCUT2D eigenvalue weighted by molar-refractivity contribution is 5.24. The highest BCUT2D eigenvalue weighted by atomic mass is 15.3. The number of hydrogen-bond acceptors (Lipinski definition) is 3. The lowest BCUT2D eigenvalue weighted by Crippen LogP contribution is -2.14. The Hall–Kier alpha value is -1.68. The van der Waals surface area contributed by atoms with E-state index in [1.54, 1.807) is 6.33 Å². The molecule has 2 aromatic rings. The van der Waals surface area contributed by atoms with Gasteiger partial charge in [0.05, 0.1) is 13.1 Å². The van der Waals surface area contributed by atoms with Crippen LogP contribution in [0, 0.1) is 0 Å². The van der Waals surface area contributed by atoms with Crippen LogP contribution in [0.1, 0.15) is 36.7 Å². The first kappa shape index (κ1) is 12.8. The summed E-state index contributed by atoms with van der Waals surface area (Å²) < 4.78 is 1.93. The van der Waals surface area contributed by atoms with E-state index >= 15 is 0 Å². The largest absolute Gasteiger partial charge is 0.313 e. The van der Waals surface area contributed by atoms with E-state index in [-0.39, 0.29) is 0 Å². The first-order valence-electron chi connectivity index (χ1n) is 6.31. The summed E-state index contributed by atoms with van der Waals surface area (Å²) in [6, 6.07) is 8.71. The van der Waals surface area contributed by atoms with Gasteiger partial charge in [-0.05, 0) is 24.1 Å². The molecule has 0 aliphatic carbocycles. The van der Waals surface area contributed by atoms with Crippen LogP contribution in [0.2, 0.25) is 0 Å². The minimum Gasteiger partial charge on any atom is -0.313 e. The standard InChI is InChI=1S/C14H20N4/c1-11(2)13-6-4-12(5-7-13)9-18-14(8-15-3)16-10-17-18/h4-7,10-11,15H,8-9H2,1-3H3. The van der Waals surface area contributed by atoms with Gasteiger partial charge in [-0.3, -0.25) is 0 Å². The minimum atomic E-state index is 0.574. The van der Waals surface area contributed by atoms with Gasteiger partial charge in [-0.15, -0.1) is 0 Å². The van der Waals surface area contributed by atoms with Crippen molar-refractivity contribution >= 4 is 0 Å². The van der Waals surface area contributed by atoms with Crippen LogP contribution in [-0.4, -0.2) is 21.8 Å². The zero-order chi connectivity index (χ0) is 13.0. The third kappa shape index (κ3) is 2.96. The van der Waals surface area contributed by atoms with E-state index in [2.05, 4.69) is 53.5 Å². The molecule has 0 saturated carbocycles. The van der Waals surface area contributed by atoms with Crippen LogP contribution in [0.15, 0.2) is 30.6 Å². The number of nitrogens with zero attached hydrogens (tertiary/aromatic N) is 3. The number of aromatic nitrogens is 3. The third-order valence-electron chi connectivity index (χ3n) is 3.01. The highest BCUT2D eigenvalue weighted by Crippen LogP contribution is 2.15. The van der Waals surface area contributed by atoms with Crippen molar-refractivity contribution < 1.29 is 0 Å². The summed E-state index contributed by atoms with van der Waals surface area (Å²) in [4.78, 5) is 4.24. The average molecular weight is 244 g/mol. The summed E-state index contributed by atoms with van der Waals surface area (Å²) in [6.45, 7) is 5.92. The predicted molar refractivity (Wildman–Crippen MR) is 72.4 cm³/mol. The van der Waals surface area contributed by atoms with Crippen molar-refractivity contribution in [1.29, 1.82) is 0 Å². The van der Waals surface area contributed by atoms with E-state index in [1.165, 1.54) is 11.1 Å². The molecule has 96 valence electrons.